The fourth-order valence-electron chi connectivity index (χ4n) is 2.97. The highest BCUT2D eigenvalue weighted by Crippen LogP contribution is 2.29. The molecule has 2 saturated heterocycles. The minimum absolute atomic E-state index is 0.353. The summed E-state index contributed by atoms with van der Waals surface area (Å²) in [7, 11) is 0. The summed E-state index contributed by atoms with van der Waals surface area (Å²) in [6, 6.07) is 0.639. The van der Waals surface area contributed by atoms with E-state index in [0.29, 0.717) is 16.9 Å². The zero-order chi connectivity index (χ0) is 12.5. The molecule has 1 atom stereocenters. The van der Waals surface area contributed by atoms with Crippen LogP contribution in [0, 0.1) is 0 Å². The number of rotatable bonds is 1. The van der Waals surface area contributed by atoms with Gasteiger partial charge < -0.3 is 10.6 Å². The number of fused-ring (bicyclic) bond motifs is 1. The van der Waals surface area contributed by atoms with Crippen molar-refractivity contribution in [1.29, 1.82) is 0 Å². The molecule has 3 rings (SSSR count). The van der Waals surface area contributed by atoms with E-state index in [4.69, 9.17) is 17.3 Å². The van der Waals surface area contributed by atoms with Crippen LogP contribution in [0.25, 0.3) is 0 Å². The maximum Gasteiger partial charge on any atom is 0.157 e. The summed E-state index contributed by atoms with van der Waals surface area (Å²) in [6.07, 6.45) is 5.42. The van der Waals surface area contributed by atoms with E-state index in [-0.39, 0.29) is 0 Å². The predicted octanol–water partition coefficient (Wildman–Crippen LogP) is 1.39. The summed E-state index contributed by atoms with van der Waals surface area (Å²) in [4.78, 5) is 13.0. The number of nitrogen functional groups attached to an aromatic ring is 1. The Labute approximate surface area is 112 Å². The highest BCUT2D eigenvalue weighted by molar-refractivity contribution is 6.32. The monoisotopic (exact) mass is 267 g/mol. The summed E-state index contributed by atoms with van der Waals surface area (Å²) < 4.78 is 0. The van der Waals surface area contributed by atoms with Gasteiger partial charge in [-0.3, -0.25) is 4.90 Å². The van der Waals surface area contributed by atoms with Crippen molar-refractivity contribution in [3.63, 3.8) is 0 Å². The van der Waals surface area contributed by atoms with Gasteiger partial charge in [0, 0.05) is 25.7 Å². The average Bonchev–Trinajstić information content (AvgIpc) is 2.41. The van der Waals surface area contributed by atoms with Crippen LogP contribution >= 0.6 is 11.6 Å². The van der Waals surface area contributed by atoms with Gasteiger partial charge in [-0.15, -0.1) is 0 Å². The van der Waals surface area contributed by atoms with E-state index in [2.05, 4.69) is 19.8 Å². The zero-order valence-electron chi connectivity index (χ0n) is 10.3. The Kier molecular flexibility index (Phi) is 3.26. The second-order valence-electron chi connectivity index (χ2n) is 5.03. The first-order valence-corrected chi connectivity index (χ1v) is 6.88. The number of anilines is 2. The highest BCUT2D eigenvalue weighted by atomic mass is 35.5. The van der Waals surface area contributed by atoms with Crippen molar-refractivity contribution >= 4 is 23.1 Å². The number of piperazine rings is 1. The van der Waals surface area contributed by atoms with Gasteiger partial charge >= 0.3 is 0 Å². The van der Waals surface area contributed by atoms with Crippen LogP contribution in [0.3, 0.4) is 0 Å². The molecule has 2 aliphatic rings. The van der Waals surface area contributed by atoms with Crippen LogP contribution < -0.4 is 10.6 Å². The van der Waals surface area contributed by atoms with Gasteiger partial charge in [-0.2, -0.15) is 0 Å². The fraction of sp³-hybridized carbons (Fsp3) is 0.667. The molecule has 0 spiro atoms. The summed E-state index contributed by atoms with van der Waals surface area (Å²) in [5.74, 6) is 0.792. The number of halogens is 1. The second-order valence-corrected chi connectivity index (χ2v) is 5.39. The normalized spacial score (nSPS) is 24.9. The molecule has 2 N–H and O–H groups in total. The van der Waals surface area contributed by atoms with E-state index in [1.54, 1.807) is 0 Å². The largest absolute Gasteiger partial charge is 0.393 e. The molecule has 5 nitrogen and oxygen atoms in total. The van der Waals surface area contributed by atoms with Gasteiger partial charge in [0.15, 0.2) is 11.0 Å². The van der Waals surface area contributed by atoms with Crippen molar-refractivity contribution in [3.8, 4) is 0 Å². The maximum atomic E-state index is 5.97. The highest BCUT2D eigenvalue weighted by Gasteiger charge is 2.30. The van der Waals surface area contributed by atoms with Gasteiger partial charge in [0.05, 0.1) is 0 Å². The van der Waals surface area contributed by atoms with Gasteiger partial charge in [-0.1, -0.05) is 18.0 Å². The molecular formula is C12H18ClN5. The van der Waals surface area contributed by atoms with E-state index in [1.165, 1.54) is 32.1 Å². The standard InChI is InChI=1S/C12H18ClN5/c13-11-10(14)12(16-8-15-11)18-6-5-17-4-2-1-3-9(17)7-18/h8-9H,1-7,14H2. The number of hydrogen-bond donors (Lipinski definition) is 1. The third-order valence-electron chi connectivity index (χ3n) is 3.95. The molecule has 0 radical (unpaired) electrons. The number of nitrogens with two attached hydrogens (primary N) is 1. The van der Waals surface area contributed by atoms with Gasteiger partial charge in [-0.05, 0) is 19.4 Å². The molecule has 6 heteroatoms. The number of hydrogen-bond acceptors (Lipinski definition) is 5. The van der Waals surface area contributed by atoms with Crippen molar-refractivity contribution in [2.24, 2.45) is 0 Å². The summed E-state index contributed by atoms with van der Waals surface area (Å²) in [5.41, 5.74) is 6.47. The molecule has 2 fully saturated rings. The molecule has 98 valence electrons. The lowest BCUT2D eigenvalue weighted by Crippen LogP contribution is -2.55. The van der Waals surface area contributed by atoms with E-state index < -0.39 is 0 Å². The summed E-state index contributed by atoms with van der Waals surface area (Å²) >= 11 is 5.96. The molecule has 0 amide bonds. The van der Waals surface area contributed by atoms with Gasteiger partial charge in [-0.25, -0.2) is 9.97 Å². The van der Waals surface area contributed by atoms with Crippen LogP contribution in [0.2, 0.25) is 5.15 Å². The first kappa shape index (κ1) is 12.0. The minimum atomic E-state index is 0.353. The molecule has 1 aromatic rings. The summed E-state index contributed by atoms with van der Waals surface area (Å²) in [5, 5.41) is 0.353. The van der Waals surface area contributed by atoms with E-state index in [9.17, 15) is 0 Å². The van der Waals surface area contributed by atoms with Gasteiger partial charge in [0.25, 0.3) is 0 Å². The molecule has 1 unspecified atom stereocenters. The van der Waals surface area contributed by atoms with Crippen LogP contribution in [0.4, 0.5) is 11.5 Å². The molecule has 0 bridgehead atoms. The molecule has 0 aromatic carbocycles. The summed E-state index contributed by atoms with van der Waals surface area (Å²) in [6.45, 7) is 4.29. The Hall–Kier alpha value is -1.07. The Morgan fingerprint density at radius 3 is 3.00 bits per heavy atom. The fourth-order valence-corrected chi connectivity index (χ4v) is 3.09. The van der Waals surface area contributed by atoms with E-state index in [1.807, 2.05) is 0 Å². The smallest absolute Gasteiger partial charge is 0.157 e. The number of nitrogens with zero attached hydrogens (tertiary/aromatic N) is 4. The van der Waals surface area contributed by atoms with Crippen molar-refractivity contribution in [3.05, 3.63) is 11.5 Å². The first-order valence-electron chi connectivity index (χ1n) is 6.50. The lowest BCUT2D eigenvalue weighted by molar-refractivity contribution is 0.133. The molecule has 2 aliphatic heterocycles. The molecule has 3 heterocycles. The Bertz CT molecular complexity index is 438. The lowest BCUT2D eigenvalue weighted by Gasteiger charge is -2.44. The topological polar surface area (TPSA) is 58.3 Å². The van der Waals surface area contributed by atoms with Crippen molar-refractivity contribution in [1.82, 2.24) is 14.9 Å². The average molecular weight is 268 g/mol. The predicted molar refractivity (Wildman–Crippen MR) is 72.9 cm³/mol. The maximum absolute atomic E-state index is 5.97. The molecule has 1 aromatic heterocycles. The third kappa shape index (κ3) is 2.12. The Balaban J connectivity index is 1.79. The van der Waals surface area contributed by atoms with E-state index in [0.717, 1.165) is 25.5 Å². The van der Waals surface area contributed by atoms with Crippen LogP contribution in [-0.4, -0.2) is 47.1 Å². The van der Waals surface area contributed by atoms with Crippen molar-refractivity contribution in [2.45, 2.75) is 25.3 Å². The van der Waals surface area contributed by atoms with Crippen molar-refractivity contribution < 1.29 is 0 Å². The quantitative estimate of drug-likeness (QED) is 0.779. The van der Waals surface area contributed by atoms with E-state index >= 15 is 0 Å². The van der Waals surface area contributed by atoms with Gasteiger partial charge in [0.1, 0.15) is 12.0 Å². The molecule has 0 aliphatic carbocycles. The van der Waals surface area contributed by atoms with Gasteiger partial charge in [0.2, 0.25) is 0 Å². The molecule has 0 saturated carbocycles. The first-order chi connectivity index (χ1) is 8.75. The molecule has 18 heavy (non-hydrogen) atoms. The van der Waals surface area contributed by atoms with Crippen LogP contribution in [0.15, 0.2) is 6.33 Å². The molecular weight excluding hydrogens is 250 g/mol. The number of piperidine rings is 1. The Morgan fingerprint density at radius 1 is 1.22 bits per heavy atom. The van der Waals surface area contributed by atoms with Crippen molar-refractivity contribution in [2.75, 3.05) is 36.8 Å². The SMILES string of the molecule is Nc1c(Cl)ncnc1N1CCN2CCCCC2C1. The number of aromatic nitrogens is 2. The van der Waals surface area contributed by atoms with Crippen LogP contribution in [-0.2, 0) is 0 Å². The van der Waals surface area contributed by atoms with Crippen LogP contribution in [0.5, 0.6) is 0 Å². The minimum Gasteiger partial charge on any atom is -0.393 e. The second kappa shape index (κ2) is 4.90. The third-order valence-corrected chi connectivity index (χ3v) is 4.25. The van der Waals surface area contributed by atoms with Crippen LogP contribution in [0.1, 0.15) is 19.3 Å². The Morgan fingerprint density at radius 2 is 2.11 bits per heavy atom. The zero-order valence-corrected chi connectivity index (χ0v) is 11.1. The lowest BCUT2D eigenvalue weighted by atomic mass is 9.99.